The molecule has 2 N–H and O–H groups in total. The van der Waals surface area contributed by atoms with Crippen LogP contribution in [-0.4, -0.2) is 33.7 Å². The molecule has 0 radical (unpaired) electrons. The standard InChI is InChI=1S/C14H13N3O5S3/c1-21-9-3-4-10-8(5-9)6-12(23-10)25(19,20)17-13(18)16-14-15-7-11(22-2)24-14/h3-7H,1-2H3,(H2,15,16,17,18). The van der Waals surface area contributed by atoms with Crippen molar-refractivity contribution >= 4 is 53.9 Å². The molecule has 0 saturated heterocycles. The summed E-state index contributed by atoms with van der Waals surface area (Å²) in [6.45, 7) is 0. The number of thiophene rings is 1. The number of carbonyl (C=O) groups excluding carboxylic acids is 1. The van der Waals surface area contributed by atoms with Crippen molar-refractivity contribution in [2.75, 3.05) is 19.5 Å². The fraction of sp³-hybridized carbons (Fsp3) is 0.143. The van der Waals surface area contributed by atoms with Crippen LogP contribution in [0.25, 0.3) is 10.1 Å². The maximum absolute atomic E-state index is 12.4. The highest BCUT2D eigenvalue weighted by molar-refractivity contribution is 7.92. The highest BCUT2D eigenvalue weighted by atomic mass is 32.2. The molecule has 1 aromatic carbocycles. The van der Waals surface area contributed by atoms with Crippen molar-refractivity contribution in [3.05, 3.63) is 30.5 Å². The second-order valence-electron chi connectivity index (χ2n) is 4.72. The summed E-state index contributed by atoms with van der Waals surface area (Å²) in [6, 6.07) is 5.83. The number of urea groups is 1. The summed E-state index contributed by atoms with van der Waals surface area (Å²) >= 11 is 2.14. The molecule has 2 amide bonds. The number of fused-ring (bicyclic) bond motifs is 1. The van der Waals surface area contributed by atoms with Gasteiger partial charge >= 0.3 is 6.03 Å². The van der Waals surface area contributed by atoms with E-state index in [-0.39, 0.29) is 9.34 Å². The van der Waals surface area contributed by atoms with Crippen LogP contribution in [0.5, 0.6) is 10.8 Å². The van der Waals surface area contributed by atoms with E-state index in [1.807, 2.05) is 4.72 Å². The first kappa shape index (κ1) is 17.5. The van der Waals surface area contributed by atoms with Crippen molar-refractivity contribution in [2.24, 2.45) is 0 Å². The predicted molar refractivity (Wildman–Crippen MR) is 96.4 cm³/mol. The van der Waals surface area contributed by atoms with Crippen LogP contribution in [0.2, 0.25) is 0 Å². The lowest BCUT2D eigenvalue weighted by atomic mass is 10.2. The molecule has 0 atom stereocenters. The van der Waals surface area contributed by atoms with Gasteiger partial charge < -0.3 is 9.47 Å². The Balaban J connectivity index is 1.77. The number of nitrogens with zero attached hydrogens (tertiary/aromatic N) is 1. The fourth-order valence-electron chi connectivity index (χ4n) is 1.96. The number of benzene rings is 1. The highest BCUT2D eigenvalue weighted by Crippen LogP contribution is 2.31. The van der Waals surface area contributed by atoms with Crippen molar-refractivity contribution in [3.63, 3.8) is 0 Å². The van der Waals surface area contributed by atoms with Gasteiger partial charge in [-0.3, -0.25) is 5.32 Å². The number of aromatic nitrogens is 1. The van der Waals surface area contributed by atoms with E-state index >= 15 is 0 Å². The lowest BCUT2D eigenvalue weighted by Gasteiger charge is -2.04. The summed E-state index contributed by atoms with van der Waals surface area (Å²) in [5.41, 5.74) is 0. The second kappa shape index (κ2) is 6.86. The third-order valence-electron chi connectivity index (χ3n) is 3.10. The normalized spacial score (nSPS) is 11.3. The molecule has 0 bridgehead atoms. The smallest absolute Gasteiger partial charge is 0.334 e. The highest BCUT2D eigenvalue weighted by Gasteiger charge is 2.21. The summed E-state index contributed by atoms with van der Waals surface area (Å²) in [5.74, 6) is 0.623. The van der Waals surface area contributed by atoms with Gasteiger partial charge in [0.2, 0.25) is 0 Å². The van der Waals surface area contributed by atoms with Crippen LogP contribution in [0.4, 0.5) is 9.93 Å². The quantitative estimate of drug-likeness (QED) is 0.683. The van der Waals surface area contributed by atoms with Gasteiger partial charge in [0.1, 0.15) is 9.96 Å². The van der Waals surface area contributed by atoms with E-state index < -0.39 is 16.1 Å². The number of amides is 2. The third kappa shape index (κ3) is 3.83. The van der Waals surface area contributed by atoms with Crippen LogP contribution in [0.15, 0.2) is 34.7 Å². The molecule has 25 heavy (non-hydrogen) atoms. The van der Waals surface area contributed by atoms with Crippen LogP contribution in [0.1, 0.15) is 0 Å². The fourth-order valence-corrected chi connectivity index (χ4v) is 4.88. The Bertz CT molecular complexity index is 1030. The monoisotopic (exact) mass is 399 g/mol. The Kier molecular flexibility index (Phi) is 4.79. The maximum Gasteiger partial charge on any atom is 0.334 e. The molecule has 0 saturated carbocycles. The number of ether oxygens (including phenoxy) is 2. The molecule has 3 aromatic rings. The van der Waals surface area contributed by atoms with Gasteiger partial charge in [0, 0.05) is 4.70 Å². The van der Waals surface area contributed by atoms with Crippen LogP contribution in [0.3, 0.4) is 0 Å². The van der Waals surface area contributed by atoms with E-state index in [0.29, 0.717) is 10.8 Å². The Labute approximate surface area is 151 Å². The summed E-state index contributed by atoms with van der Waals surface area (Å²) in [4.78, 5) is 15.8. The number of methoxy groups -OCH3 is 2. The zero-order valence-electron chi connectivity index (χ0n) is 13.1. The molecule has 0 aliphatic rings. The number of nitrogens with one attached hydrogen (secondary N) is 2. The number of rotatable bonds is 5. The molecule has 0 aliphatic carbocycles. The first-order chi connectivity index (χ1) is 11.9. The lowest BCUT2D eigenvalue weighted by molar-refractivity contribution is 0.256. The Morgan fingerprint density at radius 3 is 2.64 bits per heavy atom. The zero-order chi connectivity index (χ0) is 18.0. The zero-order valence-corrected chi connectivity index (χ0v) is 15.5. The number of hydrogen-bond acceptors (Lipinski definition) is 8. The molecule has 0 unspecified atom stereocenters. The van der Waals surface area contributed by atoms with Gasteiger partial charge in [-0.2, -0.15) is 0 Å². The third-order valence-corrected chi connectivity index (χ3v) is 6.89. The minimum Gasteiger partial charge on any atom is -0.497 e. The van der Waals surface area contributed by atoms with Gasteiger partial charge in [0.05, 0.1) is 20.4 Å². The minimum absolute atomic E-state index is 0.0302. The summed E-state index contributed by atoms with van der Waals surface area (Å²) in [6.07, 6.45) is 1.42. The molecule has 0 spiro atoms. The van der Waals surface area contributed by atoms with Crippen LogP contribution in [0, 0.1) is 0 Å². The molecule has 11 heteroatoms. The van der Waals surface area contributed by atoms with Gasteiger partial charge in [-0.1, -0.05) is 11.3 Å². The molecule has 0 aliphatic heterocycles. The van der Waals surface area contributed by atoms with E-state index in [0.717, 1.165) is 32.8 Å². The SMILES string of the molecule is COc1ccc2sc(S(=O)(=O)NC(=O)Nc3ncc(OC)s3)cc2c1. The number of thiazole rings is 1. The molecule has 8 nitrogen and oxygen atoms in total. The average Bonchev–Trinajstić information content (AvgIpc) is 3.20. The lowest BCUT2D eigenvalue weighted by Crippen LogP contribution is -2.33. The molecule has 3 rings (SSSR count). The molecule has 2 aromatic heterocycles. The Hall–Kier alpha value is -2.37. The molecular weight excluding hydrogens is 386 g/mol. The number of sulfonamides is 1. The number of anilines is 1. The molecule has 132 valence electrons. The molecule has 2 heterocycles. The second-order valence-corrected chi connectivity index (χ2v) is 8.70. The summed E-state index contributed by atoms with van der Waals surface area (Å²) in [7, 11) is -0.996. The largest absolute Gasteiger partial charge is 0.497 e. The first-order valence-corrected chi connectivity index (χ1v) is 9.94. The van der Waals surface area contributed by atoms with Gasteiger partial charge in [-0.05, 0) is 29.7 Å². The van der Waals surface area contributed by atoms with Crippen molar-refractivity contribution in [2.45, 2.75) is 4.21 Å². The number of carbonyl (C=O) groups is 1. The van der Waals surface area contributed by atoms with Crippen molar-refractivity contribution in [1.29, 1.82) is 0 Å². The van der Waals surface area contributed by atoms with Crippen molar-refractivity contribution in [1.82, 2.24) is 9.71 Å². The van der Waals surface area contributed by atoms with Crippen molar-refractivity contribution in [3.8, 4) is 10.8 Å². The van der Waals surface area contributed by atoms with E-state index in [1.165, 1.54) is 26.5 Å². The van der Waals surface area contributed by atoms with Crippen LogP contribution >= 0.6 is 22.7 Å². The topological polar surface area (TPSA) is 107 Å². The number of hydrogen-bond donors (Lipinski definition) is 2. The van der Waals surface area contributed by atoms with Gasteiger partial charge in [-0.15, -0.1) is 11.3 Å². The molecular formula is C14H13N3O5S3. The Morgan fingerprint density at radius 1 is 1.16 bits per heavy atom. The minimum atomic E-state index is -4.00. The summed E-state index contributed by atoms with van der Waals surface area (Å²) < 4.78 is 37.6. The van der Waals surface area contributed by atoms with E-state index in [4.69, 9.17) is 9.47 Å². The van der Waals surface area contributed by atoms with E-state index in [2.05, 4.69) is 10.3 Å². The van der Waals surface area contributed by atoms with E-state index in [9.17, 15) is 13.2 Å². The van der Waals surface area contributed by atoms with Crippen LogP contribution in [-0.2, 0) is 10.0 Å². The van der Waals surface area contributed by atoms with Crippen molar-refractivity contribution < 1.29 is 22.7 Å². The van der Waals surface area contributed by atoms with Crippen LogP contribution < -0.4 is 19.5 Å². The van der Waals surface area contributed by atoms with Gasteiger partial charge in [0.15, 0.2) is 10.2 Å². The van der Waals surface area contributed by atoms with Gasteiger partial charge in [0.25, 0.3) is 10.0 Å². The predicted octanol–water partition coefficient (Wildman–Crippen LogP) is 2.89. The average molecular weight is 399 g/mol. The molecule has 0 fully saturated rings. The van der Waals surface area contributed by atoms with Gasteiger partial charge in [-0.25, -0.2) is 22.9 Å². The maximum atomic E-state index is 12.4. The Morgan fingerprint density at radius 2 is 1.96 bits per heavy atom. The summed E-state index contributed by atoms with van der Waals surface area (Å²) in [5, 5.41) is 3.80. The van der Waals surface area contributed by atoms with E-state index in [1.54, 1.807) is 18.2 Å². The first-order valence-electron chi connectivity index (χ1n) is 6.82.